The number of carbonyl (C=O) groups excluding carboxylic acids is 2. The summed E-state index contributed by atoms with van der Waals surface area (Å²) in [6.07, 6.45) is 0.309. The highest BCUT2D eigenvalue weighted by Crippen LogP contribution is 2.28. The molecule has 2 amide bonds. The molecule has 0 saturated heterocycles. The fraction of sp³-hybridized carbons (Fsp3) is 0.310. The highest BCUT2D eigenvalue weighted by molar-refractivity contribution is 7.92. The lowest BCUT2D eigenvalue weighted by Gasteiger charge is -2.33. The van der Waals surface area contributed by atoms with Crippen molar-refractivity contribution in [3.8, 4) is 0 Å². The Morgan fingerprint density at radius 1 is 1.00 bits per heavy atom. The molecule has 1 atom stereocenters. The largest absolute Gasteiger partial charge is 0.352 e. The number of benzene rings is 3. The van der Waals surface area contributed by atoms with Crippen LogP contribution in [0.15, 0.2) is 77.7 Å². The van der Waals surface area contributed by atoms with Crippen molar-refractivity contribution in [2.75, 3.05) is 10.8 Å². The predicted octanol–water partition coefficient (Wildman–Crippen LogP) is 5.31. The molecule has 39 heavy (non-hydrogen) atoms. The minimum Gasteiger partial charge on any atom is -0.352 e. The van der Waals surface area contributed by atoms with Crippen LogP contribution in [0.25, 0.3) is 0 Å². The van der Waals surface area contributed by atoms with Crippen LogP contribution in [0.4, 0.5) is 10.1 Å². The number of amides is 2. The van der Waals surface area contributed by atoms with Crippen molar-refractivity contribution in [1.82, 2.24) is 10.2 Å². The van der Waals surface area contributed by atoms with Crippen LogP contribution in [0.5, 0.6) is 0 Å². The maximum absolute atomic E-state index is 14.0. The van der Waals surface area contributed by atoms with Gasteiger partial charge in [-0.3, -0.25) is 13.9 Å². The van der Waals surface area contributed by atoms with Crippen LogP contribution in [0.2, 0.25) is 5.02 Å². The molecule has 3 rings (SSSR count). The number of nitrogens with one attached hydrogen (secondary N) is 1. The molecule has 208 valence electrons. The molecule has 0 heterocycles. The van der Waals surface area contributed by atoms with Crippen LogP contribution < -0.4 is 9.62 Å². The molecule has 7 nitrogen and oxygen atoms in total. The van der Waals surface area contributed by atoms with E-state index in [0.717, 1.165) is 27.6 Å². The molecule has 0 aliphatic heterocycles. The summed E-state index contributed by atoms with van der Waals surface area (Å²) in [4.78, 5) is 28.4. The lowest BCUT2D eigenvalue weighted by atomic mass is 10.1. The molecule has 1 N–H and O–H groups in total. The average Bonchev–Trinajstić information content (AvgIpc) is 2.90. The highest BCUT2D eigenvalue weighted by Gasteiger charge is 2.34. The van der Waals surface area contributed by atoms with Crippen molar-refractivity contribution < 1.29 is 22.4 Å². The van der Waals surface area contributed by atoms with Crippen molar-refractivity contribution >= 4 is 39.1 Å². The topological polar surface area (TPSA) is 86.8 Å². The van der Waals surface area contributed by atoms with Crippen LogP contribution in [0.3, 0.4) is 0 Å². The molecule has 3 aromatic carbocycles. The monoisotopic (exact) mass is 573 g/mol. The Hall–Kier alpha value is -3.43. The van der Waals surface area contributed by atoms with E-state index in [-0.39, 0.29) is 34.1 Å². The first-order chi connectivity index (χ1) is 18.4. The second-order valence-corrected chi connectivity index (χ2v) is 11.8. The van der Waals surface area contributed by atoms with Crippen molar-refractivity contribution in [2.45, 2.75) is 57.6 Å². The maximum atomic E-state index is 14.0. The van der Waals surface area contributed by atoms with E-state index in [0.29, 0.717) is 6.42 Å². The molecule has 0 bridgehead atoms. The van der Waals surface area contributed by atoms with Gasteiger partial charge in [-0.2, -0.15) is 0 Å². The standard InChI is InChI=1S/C29H33ClFN3O4S/c1-5-27(29(36)32-20(2)3)33(18-22-13-11-21(4)12-14-22)28(35)19-34(23-15-16-26(31)25(30)17-23)39(37,38)24-9-7-6-8-10-24/h6-17,20,27H,5,18-19H2,1-4H3,(H,32,36)/t27-/m0/s1. The number of nitrogens with zero attached hydrogens (tertiary/aromatic N) is 2. The Morgan fingerprint density at radius 2 is 1.64 bits per heavy atom. The van der Waals surface area contributed by atoms with Crippen molar-refractivity contribution in [3.63, 3.8) is 0 Å². The van der Waals surface area contributed by atoms with Gasteiger partial charge in [0.25, 0.3) is 10.0 Å². The van der Waals surface area contributed by atoms with E-state index in [9.17, 15) is 22.4 Å². The number of halogens is 2. The molecule has 0 aromatic heterocycles. The average molecular weight is 574 g/mol. The molecule has 0 aliphatic carbocycles. The van der Waals surface area contributed by atoms with E-state index in [1.807, 2.05) is 45.0 Å². The molecular weight excluding hydrogens is 541 g/mol. The lowest BCUT2D eigenvalue weighted by Crippen LogP contribution is -2.53. The summed E-state index contributed by atoms with van der Waals surface area (Å²) < 4.78 is 42.3. The van der Waals surface area contributed by atoms with Crippen LogP contribution in [-0.4, -0.2) is 43.8 Å². The SMILES string of the molecule is CC[C@@H](C(=O)NC(C)C)N(Cc1ccc(C)cc1)C(=O)CN(c1ccc(F)c(Cl)c1)S(=O)(=O)c1ccccc1. The number of carbonyl (C=O) groups is 2. The molecule has 0 unspecified atom stereocenters. The molecule has 10 heteroatoms. The van der Waals surface area contributed by atoms with E-state index in [2.05, 4.69) is 5.32 Å². The first-order valence-corrected chi connectivity index (χ1v) is 14.4. The zero-order valence-corrected chi connectivity index (χ0v) is 24.0. The summed E-state index contributed by atoms with van der Waals surface area (Å²) in [5.74, 6) is -1.65. The van der Waals surface area contributed by atoms with Gasteiger partial charge in [0, 0.05) is 12.6 Å². The van der Waals surface area contributed by atoms with E-state index in [1.54, 1.807) is 25.1 Å². The summed E-state index contributed by atoms with van der Waals surface area (Å²) in [5, 5.41) is 2.57. The fourth-order valence-corrected chi connectivity index (χ4v) is 5.68. The van der Waals surface area contributed by atoms with E-state index in [4.69, 9.17) is 11.6 Å². The van der Waals surface area contributed by atoms with Gasteiger partial charge in [-0.1, -0.05) is 66.6 Å². The van der Waals surface area contributed by atoms with Crippen LogP contribution in [0, 0.1) is 12.7 Å². The molecule has 0 spiro atoms. The number of sulfonamides is 1. The minimum absolute atomic E-state index is 0.0218. The first-order valence-electron chi connectivity index (χ1n) is 12.6. The number of anilines is 1. The van der Waals surface area contributed by atoms with Crippen molar-refractivity contribution in [2.24, 2.45) is 0 Å². The highest BCUT2D eigenvalue weighted by atomic mass is 35.5. The van der Waals surface area contributed by atoms with Crippen LogP contribution in [-0.2, 0) is 26.2 Å². The van der Waals surface area contributed by atoms with Crippen LogP contribution in [0.1, 0.15) is 38.3 Å². The van der Waals surface area contributed by atoms with Gasteiger partial charge in [-0.05, 0) is 63.1 Å². The zero-order valence-electron chi connectivity index (χ0n) is 22.4. The smallest absolute Gasteiger partial charge is 0.264 e. The molecule has 3 aromatic rings. The quantitative estimate of drug-likeness (QED) is 0.337. The Balaban J connectivity index is 2.07. The second-order valence-electron chi connectivity index (χ2n) is 9.52. The summed E-state index contributed by atoms with van der Waals surface area (Å²) in [5.41, 5.74) is 1.84. The van der Waals surface area contributed by atoms with Gasteiger partial charge in [-0.25, -0.2) is 12.8 Å². The fourth-order valence-electron chi connectivity index (χ4n) is 4.08. The lowest BCUT2D eigenvalue weighted by molar-refractivity contribution is -0.140. The van der Waals surface area contributed by atoms with E-state index in [1.165, 1.54) is 23.1 Å². The van der Waals surface area contributed by atoms with Gasteiger partial charge < -0.3 is 10.2 Å². The maximum Gasteiger partial charge on any atom is 0.264 e. The van der Waals surface area contributed by atoms with Crippen LogP contribution >= 0.6 is 11.6 Å². The van der Waals surface area contributed by atoms with Gasteiger partial charge >= 0.3 is 0 Å². The Kier molecular flexibility index (Phi) is 10.1. The molecular formula is C29H33ClFN3O4S. The van der Waals surface area contributed by atoms with E-state index >= 15 is 0 Å². The predicted molar refractivity (Wildman–Crippen MR) is 151 cm³/mol. The van der Waals surface area contributed by atoms with Gasteiger partial charge in [0.05, 0.1) is 15.6 Å². The summed E-state index contributed by atoms with van der Waals surface area (Å²) in [6.45, 7) is 6.84. The van der Waals surface area contributed by atoms with Gasteiger partial charge in [0.2, 0.25) is 11.8 Å². The number of rotatable bonds is 11. The molecule has 0 aliphatic rings. The number of hydrogen-bond donors (Lipinski definition) is 1. The first kappa shape index (κ1) is 30.1. The van der Waals surface area contributed by atoms with Crippen molar-refractivity contribution in [3.05, 3.63) is 94.8 Å². The minimum atomic E-state index is -4.26. The summed E-state index contributed by atoms with van der Waals surface area (Å²) in [7, 11) is -4.26. The normalized spacial score (nSPS) is 12.2. The molecule has 0 fully saturated rings. The Labute approximate surface area is 234 Å². The third-order valence-corrected chi connectivity index (χ3v) is 8.17. The van der Waals surface area contributed by atoms with E-state index < -0.39 is 34.3 Å². The second kappa shape index (κ2) is 13.1. The summed E-state index contributed by atoms with van der Waals surface area (Å²) >= 11 is 5.99. The number of hydrogen-bond acceptors (Lipinski definition) is 4. The Morgan fingerprint density at radius 3 is 2.21 bits per heavy atom. The molecule has 0 saturated carbocycles. The zero-order chi connectivity index (χ0) is 28.7. The summed E-state index contributed by atoms with van der Waals surface area (Å²) in [6, 6.07) is 17.6. The third-order valence-electron chi connectivity index (χ3n) is 6.09. The van der Waals surface area contributed by atoms with Gasteiger partial charge in [0.15, 0.2) is 0 Å². The number of aryl methyl sites for hydroxylation is 1. The van der Waals surface area contributed by atoms with Crippen molar-refractivity contribution in [1.29, 1.82) is 0 Å². The van der Waals surface area contributed by atoms with Gasteiger partial charge in [0.1, 0.15) is 18.4 Å². The Bertz CT molecular complexity index is 1400. The molecule has 0 radical (unpaired) electrons. The third kappa shape index (κ3) is 7.58. The van der Waals surface area contributed by atoms with Gasteiger partial charge in [-0.15, -0.1) is 0 Å².